The topological polar surface area (TPSA) is 50.2 Å². The molecule has 6 rings (SSSR count). The summed E-state index contributed by atoms with van der Waals surface area (Å²) in [6, 6.07) is 31.2. The quantitative estimate of drug-likeness (QED) is 0.0877. The van der Waals surface area contributed by atoms with Gasteiger partial charge in [-0.2, -0.15) is 0 Å². The molecule has 0 aliphatic carbocycles. The molecule has 6 aromatic rings. The van der Waals surface area contributed by atoms with Gasteiger partial charge in [0, 0.05) is 48.8 Å². The Hall–Kier alpha value is -3.92. The molecule has 5 aromatic carbocycles. The molecule has 3 nitrogen and oxygen atoms in total. The van der Waals surface area contributed by atoms with Crippen LogP contribution in [0.2, 0.25) is 0 Å². The van der Waals surface area contributed by atoms with Crippen molar-refractivity contribution in [3.63, 3.8) is 0 Å². The summed E-state index contributed by atoms with van der Waals surface area (Å²) in [6.07, 6.45) is 3.02. The first-order chi connectivity index (χ1) is 17.4. The first kappa shape index (κ1) is 26.2. The van der Waals surface area contributed by atoms with E-state index in [0.29, 0.717) is 5.39 Å². The Bertz CT molecular complexity index is 1810. The van der Waals surface area contributed by atoms with Gasteiger partial charge < -0.3 is 5.11 Å². The fourth-order valence-electron chi connectivity index (χ4n) is 4.55. The number of hydrogen-bond acceptors (Lipinski definition) is 3. The SMILES string of the molecule is CC(=O)/C=C(/C)O.Fc1cc2cc(-c3[c-]c4ccccc4c4ccccc34)ncc2c2ccccc12.[Ir]. The van der Waals surface area contributed by atoms with Crippen LogP contribution in [0.5, 0.6) is 0 Å². The molecule has 1 N–H and O–H groups in total. The molecular weight excluding hydrogens is 642 g/mol. The largest absolute Gasteiger partial charge is 0.512 e. The number of hydrogen-bond donors (Lipinski definition) is 1. The normalized spacial score (nSPS) is 11.3. The monoisotopic (exact) mass is 665 g/mol. The fraction of sp³-hybridized carbons (Fsp3) is 0.0625. The number of aromatic nitrogens is 1. The van der Waals surface area contributed by atoms with Crippen molar-refractivity contribution in [2.24, 2.45) is 0 Å². The number of aliphatic hydroxyl groups excluding tert-OH is 1. The number of ketones is 1. The van der Waals surface area contributed by atoms with Gasteiger partial charge in [0.1, 0.15) is 5.82 Å². The van der Waals surface area contributed by atoms with Gasteiger partial charge in [0.15, 0.2) is 5.78 Å². The number of nitrogens with zero attached hydrogens (tertiary/aromatic N) is 1. The van der Waals surface area contributed by atoms with Crippen LogP contribution in [-0.4, -0.2) is 15.9 Å². The maximum Gasteiger partial charge on any atom is 0.155 e. The molecule has 0 fully saturated rings. The first-order valence-corrected chi connectivity index (χ1v) is 11.6. The zero-order valence-corrected chi connectivity index (χ0v) is 22.6. The second-order valence-corrected chi connectivity index (χ2v) is 8.68. The standard InChI is InChI=1S/C27H15FN.C5H8O2.Ir/c28-26-14-18-15-27(29-16-25(18)22-11-5-6-12-23(22)26)24-13-17-7-1-2-8-19(17)20-9-3-4-10-21(20)24;1-4(6)3-5(2)7;/h1-12,14-16H;3,6H,1-2H3;/q-1;;/b;4-3-;. The zero-order valence-electron chi connectivity index (χ0n) is 20.3. The number of halogens is 1. The van der Waals surface area contributed by atoms with Gasteiger partial charge in [-0.25, -0.2) is 4.39 Å². The van der Waals surface area contributed by atoms with E-state index in [-0.39, 0.29) is 37.5 Å². The third kappa shape index (κ3) is 5.29. The Kier molecular flexibility index (Phi) is 7.77. The van der Waals surface area contributed by atoms with Gasteiger partial charge in [0.2, 0.25) is 0 Å². The van der Waals surface area contributed by atoms with E-state index in [1.807, 2.05) is 60.8 Å². The predicted octanol–water partition coefficient (Wildman–Crippen LogP) is 8.34. The van der Waals surface area contributed by atoms with E-state index in [9.17, 15) is 9.18 Å². The first-order valence-electron chi connectivity index (χ1n) is 11.6. The summed E-state index contributed by atoms with van der Waals surface area (Å²) in [7, 11) is 0. The molecule has 0 saturated carbocycles. The molecule has 1 aromatic heterocycles. The van der Waals surface area contributed by atoms with Crippen molar-refractivity contribution in [3.05, 3.63) is 115 Å². The average Bonchev–Trinajstić information content (AvgIpc) is 2.88. The van der Waals surface area contributed by atoms with Crippen LogP contribution in [0.4, 0.5) is 4.39 Å². The third-order valence-electron chi connectivity index (χ3n) is 6.03. The van der Waals surface area contributed by atoms with E-state index in [1.54, 1.807) is 6.07 Å². The van der Waals surface area contributed by atoms with Crippen LogP contribution in [0.3, 0.4) is 0 Å². The van der Waals surface area contributed by atoms with Crippen molar-refractivity contribution in [2.45, 2.75) is 13.8 Å². The summed E-state index contributed by atoms with van der Waals surface area (Å²) in [4.78, 5) is 14.8. The minimum absolute atomic E-state index is 0. The average molecular weight is 665 g/mol. The van der Waals surface area contributed by atoms with Gasteiger partial charge in [-0.1, -0.05) is 94.5 Å². The number of carbonyl (C=O) groups is 1. The van der Waals surface area contributed by atoms with E-state index in [4.69, 9.17) is 10.1 Å². The molecule has 37 heavy (non-hydrogen) atoms. The van der Waals surface area contributed by atoms with E-state index in [1.165, 1.54) is 30.7 Å². The Morgan fingerprint density at radius 3 is 2.00 bits per heavy atom. The van der Waals surface area contributed by atoms with Crippen LogP contribution >= 0.6 is 0 Å². The van der Waals surface area contributed by atoms with Crippen LogP contribution < -0.4 is 0 Å². The minimum atomic E-state index is -0.211. The predicted molar refractivity (Wildman–Crippen MR) is 146 cm³/mol. The second-order valence-electron chi connectivity index (χ2n) is 8.68. The van der Waals surface area contributed by atoms with Gasteiger partial charge in [-0.3, -0.25) is 9.78 Å². The van der Waals surface area contributed by atoms with Crippen molar-refractivity contribution in [3.8, 4) is 11.3 Å². The smallest absolute Gasteiger partial charge is 0.155 e. The van der Waals surface area contributed by atoms with Crippen LogP contribution in [0.1, 0.15) is 13.8 Å². The van der Waals surface area contributed by atoms with Crippen molar-refractivity contribution in [2.75, 3.05) is 0 Å². The fourth-order valence-corrected chi connectivity index (χ4v) is 4.55. The number of pyridine rings is 1. The molecule has 0 saturated heterocycles. The number of allylic oxidation sites excluding steroid dienone is 2. The van der Waals surface area contributed by atoms with Crippen LogP contribution in [-0.2, 0) is 24.9 Å². The zero-order chi connectivity index (χ0) is 25.2. The van der Waals surface area contributed by atoms with E-state index in [0.717, 1.165) is 38.2 Å². The van der Waals surface area contributed by atoms with Gasteiger partial charge in [0.05, 0.1) is 5.76 Å². The summed E-state index contributed by atoms with van der Waals surface area (Å²) in [5, 5.41) is 16.2. The van der Waals surface area contributed by atoms with Crippen molar-refractivity contribution in [1.29, 1.82) is 0 Å². The van der Waals surface area contributed by atoms with Crippen LogP contribution in [0.15, 0.2) is 103 Å². The Morgan fingerprint density at radius 1 is 0.811 bits per heavy atom. The summed E-state index contributed by atoms with van der Waals surface area (Å²) in [6.45, 7) is 2.85. The molecule has 0 bridgehead atoms. The molecule has 1 heterocycles. The molecule has 5 heteroatoms. The van der Waals surface area contributed by atoms with Gasteiger partial charge in [-0.05, 0) is 30.7 Å². The third-order valence-corrected chi connectivity index (χ3v) is 6.03. The maximum atomic E-state index is 14.7. The number of carbonyl (C=O) groups excluding carboxylic acids is 1. The molecule has 0 spiro atoms. The summed E-state index contributed by atoms with van der Waals surface area (Å²) in [5.74, 6) is -0.273. The molecule has 0 aliphatic heterocycles. The molecule has 1 radical (unpaired) electrons. The van der Waals surface area contributed by atoms with Gasteiger partial charge >= 0.3 is 0 Å². The van der Waals surface area contributed by atoms with Crippen molar-refractivity contribution >= 4 is 48.9 Å². The molecule has 185 valence electrons. The maximum absolute atomic E-state index is 14.7. The van der Waals surface area contributed by atoms with E-state index >= 15 is 0 Å². The molecule has 0 unspecified atom stereocenters. The minimum Gasteiger partial charge on any atom is -0.512 e. The van der Waals surface area contributed by atoms with Crippen LogP contribution in [0.25, 0.3) is 54.3 Å². The summed E-state index contributed by atoms with van der Waals surface area (Å²) in [5.41, 5.74) is 1.74. The molecular formula is C32H23FIrNO2-. The molecule has 0 amide bonds. The van der Waals surface area contributed by atoms with Crippen molar-refractivity contribution < 1.29 is 34.4 Å². The van der Waals surface area contributed by atoms with E-state index < -0.39 is 0 Å². The van der Waals surface area contributed by atoms with Gasteiger partial charge in [-0.15, -0.1) is 17.5 Å². The number of fused-ring (bicyclic) bond motifs is 6. The second kappa shape index (κ2) is 11.0. The number of aliphatic hydroxyl groups is 1. The van der Waals surface area contributed by atoms with Gasteiger partial charge in [0.25, 0.3) is 0 Å². The Labute approximate surface area is 227 Å². The summed E-state index contributed by atoms with van der Waals surface area (Å²) < 4.78 is 14.7. The summed E-state index contributed by atoms with van der Waals surface area (Å²) >= 11 is 0. The number of rotatable bonds is 2. The number of benzene rings is 5. The van der Waals surface area contributed by atoms with Crippen LogP contribution in [0, 0.1) is 11.9 Å². The Balaban J connectivity index is 0.000000356. The molecule has 0 aliphatic rings. The molecule has 0 atom stereocenters. The van der Waals surface area contributed by atoms with Crippen molar-refractivity contribution in [1.82, 2.24) is 4.98 Å². The Morgan fingerprint density at radius 2 is 1.38 bits per heavy atom. The van der Waals surface area contributed by atoms with E-state index in [2.05, 4.69) is 30.3 Å².